The van der Waals surface area contributed by atoms with Crippen LogP contribution in [-0.4, -0.2) is 19.1 Å². The van der Waals surface area contributed by atoms with Gasteiger partial charge in [0.1, 0.15) is 0 Å². The number of anilines is 1. The molecule has 0 saturated carbocycles. The fraction of sp³-hybridized carbons (Fsp3) is 0.538. The fourth-order valence-electron chi connectivity index (χ4n) is 2.39. The summed E-state index contributed by atoms with van der Waals surface area (Å²) in [5.41, 5.74) is 5.56. The smallest absolute Gasteiger partial charge is 0.371 e. The summed E-state index contributed by atoms with van der Waals surface area (Å²) in [7, 11) is 0. The van der Waals surface area contributed by atoms with Crippen molar-refractivity contribution in [1.29, 1.82) is 0 Å². The highest BCUT2D eigenvalue weighted by Gasteiger charge is 2.36. The van der Waals surface area contributed by atoms with Crippen molar-refractivity contribution in [3.63, 3.8) is 0 Å². The minimum Gasteiger partial charge on any atom is -0.371 e. The van der Waals surface area contributed by atoms with Crippen LogP contribution in [0.3, 0.4) is 0 Å². The van der Waals surface area contributed by atoms with Gasteiger partial charge in [-0.2, -0.15) is 13.2 Å². The number of nitrogens with two attached hydrogens (primary N) is 1. The van der Waals surface area contributed by atoms with Crippen molar-refractivity contribution < 1.29 is 13.2 Å². The molecule has 2 N–H and O–H groups in total. The second kappa shape index (κ2) is 5.32. The predicted molar refractivity (Wildman–Crippen MR) is 73.1 cm³/mol. The average molecular weight is 337 g/mol. The summed E-state index contributed by atoms with van der Waals surface area (Å²) in [6.45, 7) is 3.10. The molecule has 0 spiro atoms. The molecule has 106 valence electrons. The molecule has 1 heterocycles. The Morgan fingerprint density at radius 1 is 1.37 bits per heavy atom. The Hall–Kier alpha value is -0.750. The van der Waals surface area contributed by atoms with Crippen LogP contribution in [0.5, 0.6) is 0 Å². The van der Waals surface area contributed by atoms with Gasteiger partial charge in [0.2, 0.25) is 0 Å². The molecule has 2 nitrogen and oxygen atoms in total. The van der Waals surface area contributed by atoms with Crippen molar-refractivity contribution in [2.45, 2.75) is 25.6 Å². The number of nitrogens with zero attached hydrogens (tertiary/aromatic N) is 1. The first-order valence-electron chi connectivity index (χ1n) is 6.16. The van der Waals surface area contributed by atoms with Crippen molar-refractivity contribution in [3.05, 3.63) is 28.2 Å². The second-order valence-corrected chi connectivity index (χ2v) is 5.95. The van der Waals surface area contributed by atoms with Crippen molar-refractivity contribution >= 4 is 21.6 Å². The molecule has 6 heteroatoms. The van der Waals surface area contributed by atoms with Crippen LogP contribution in [-0.2, 0) is 6.18 Å². The molecule has 1 aromatic carbocycles. The fourth-order valence-corrected chi connectivity index (χ4v) is 2.75. The molecule has 2 rings (SSSR count). The quantitative estimate of drug-likeness (QED) is 0.848. The number of piperidine rings is 1. The third-order valence-electron chi connectivity index (χ3n) is 3.58. The van der Waals surface area contributed by atoms with Crippen LogP contribution >= 0.6 is 15.9 Å². The Labute approximate surface area is 118 Å². The lowest BCUT2D eigenvalue weighted by Gasteiger charge is -2.37. The van der Waals surface area contributed by atoms with Crippen molar-refractivity contribution in [1.82, 2.24) is 0 Å². The normalized spacial score (nSPS) is 24.6. The summed E-state index contributed by atoms with van der Waals surface area (Å²) >= 11 is 3.10. The summed E-state index contributed by atoms with van der Waals surface area (Å²) in [6.07, 6.45) is -3.63. The van der Waals surface area contributed by atoms with Gasteiger partial charge in [0, 0.05) is 29.3 Å². The lowest BCUT2D eigenvalue weighted by atomic mass is 9.94. The number of benzene rings is 1. The maximum absolute atomic E-state index is 13.1. The maximum Gasteiger partial charge on any atom is 0.418 e. The first kappa shape index (κ1) is 14.7. The molecule has 0 bridgehead atoms. The third-order valence-corrected chi connectivity index (χ3v) is 4.07. The maximum atomic E-state index is 13.1. The van der Waals surface area contributed by atoms with Crippen molar-refractivity contribution in [3.8, 4) is 0 Å². The van der Waals surface area contributed by atoms with Crippen LogP contribution < -0.4 is 10.6 Å². The Bertz CT molecular complexity index is 462. The van der Waals surface area contributed by atoms with Gasteiger partial charge < -0.3 is 10.6 Å². The van der Waals surface area contributed by atoms with Crippen LogP contribution in [0.1, 0.15) is 18.9 Å². The Balaban J connectivity index is 2.34. The minimum atomic E-state index is -4.35. The highest BCUT2D eigenvalue weighted by Crippen LogP contribution is 2.39. The molecule has 1 aliphatic heterocycles. The van der Waals surface area contributed by atoms with E-state index in [9.17, 15) is 13.2 Å². The zero-order chi connectivity index (χ0) is 14.2. The Kier molecular flexibility index (Phi) is 4.11. The van der Waals surface area contributed by atoms with E-state index in [1.165, 1.54) is 6.07 Å². The molecule has 2 unspecified atom stereocenters. The lowest BCUT2D eigenvalue weighted by molar-refractivity contribution is -0.137. The molecule has 0 aliphatic carbocycles. The molecule has 1 fully saturated rings. The lowest BCUT2D eigenvalue weighted by Crippen LogP contribution is -2.46. The zero-order valence-electron chi connectivity index (χ0n) is 10.5. The van der Waals surface area contributed by atoms with Gasteiger partial charge in [0.05, 0.1) is 5.56 Å². The predicted octanol–water partition coefficient (Wildman–Crippen LogP) is 3.64. The van der Waals surface area contributed by atoms with Gasteiger partial charge in [0.25, 0.3) is 0 Å². The number of halogens is 4. The molecule has 2 atom stereocenters. The van der Waals surface area contributed by atoms with E-state index in [-0.39, 0.29) is 17.6 Å². The van der Waals surface area contributed by atoms with Crippen LogP contribution in [0.25, 0.3) is 0 Å². The van der Waals surface area contributed by atoms with Crippen LogP contribution in [0.2, 0.25) is 0 Å². The van der Waals surface area contributed by atoms with Crippen LogP contribution in [0, 0.1) is 5.92 Å². The van der Waals surface area contributed by atoms with Gasteiger partial charge in [-0.1, -0.05) is 22.9 Å². The summed E-state index contributed by atoms with van der Waals surface area (Å²) in [6, 6.07) is 4.37. The highest BCUT2D eigenvalue weighted by atomic mass is 79.9. The molecular formula is C13H16BrF3N2. The van der Waals surface area contributed by atoms with Gasteiger partial charge >= 0.3 is 6.18 Å². The monoisotopic (exact) mass is 336 g/mol. The second-order valence-electron chi connectivity index (χ2n) is 5.04. The van der Waals surface area contributed by atoms with E-state index in [4.69, 9.17) is 5.73 Å². The summed E-state index contributed by atoms with van der Waals surface area (Å²) < 4.78 is 39.7. The Morgan fingerprint density at radius 3 is 2.63 bits per heavy atom. The summed E-state index contributed by atoms with van der Waals surface area (Å²) in [5.74, 6) is 0.193. The SMILES string of the molecule is CC1CN(c2ccc(Br)cc2C(F)(F)F)CCC1N. The molecule has 0 aromatic heterocycles. The van der Waals surface area contributed by atoms with E-state index >= 15 is 0 Å². The molecule has 1 aromatic rings. The Morgan fingerprint density at radius 2 is 2.05 bits per heavy atom. The van der Waals surface area contributed by atoms with E-state index in [1.54, 1.807) is 11.0 Å². The molecule has 0 radical (unpaired) electrons. The minimum absolute atomic E-state index is 0.0704. The topological polar surface area (TPSA) is 29.3 Å². The largest absolute Gasteiger partial charge is 0.418 e. The van der Waals surface area contributed by atoms with Crippen molar-refractivity contribution in [2.24, 2.45) is 11.7 Å². The highest BCUT2D eigenvalue weighted by molar-refractivity contribution is 9.10. The van der Waals surface area contributed by atoms with Gasteiger partial charge in [-0.15, -0.1) is 0 Å². The first-order chi connectivity index (χ1) is 8.79. The summed E-state index contributed by atoms with van der Waals surface area (Å²) in [5, 5.41) is 0. The van der Waals surface area contributed by atoms with E-state index in [1.807, 2.05) is 6.92 Å². The molecule has 1 aliphatic rings. The van der Waals surface area contributed by atoms with Gasteiger partial charge in [-0.25, -0.2) is 0 Å². The van der Waals surface area contributed by atoms with Gasteiger partial charge in [-0.05, 0) is 30.5 Å². The van der Waals surface area contributed by atoms with Crippen LogP contribution in [0.15, 0.2) is 22.7 Å². The molecule has 19 heavy (non-hydrogen) atoms. The number of alkyl halides is 3. The van der Waals surface area contributed by atoms with E-state index in [0.29, 0.717) is 24.0 Å². The molecule has 1 saturated heterocycles. The van der Waals surface area contributed by atoms with E-state index in [2.05, 4.69) is 15.9 Å². The van der Waals surface area contributed by atoms with Gasteiger partial charge in [-0.3, -0.25) is 0 Å². The van der Waals surface area contributed by atoms with Crippen molar-refractivity contribution in [2.75, 3.05) is 18.0 Å². The number of hydrogen-bond donors (Lipinski definition) is 1. The number of hydrogen-bond acceptors (Lipinski definition) is 2. The molecule has 0 amide bonds. The van der Waals surface area contributed by atoms with Crippen LogP contribution in [0.4, 0.5) is 18.9 Å². The number of rotatable bonds is 1. The first-order valence-corrected chi connectivity index (χ1v) is 6.95. The average Bonchev–Trinajstić information content (AvgIpc) is 2.32. The molecular weight excluding hydrogens is 321 g/mol. The summed E-state index contributed by atoms with van der Waals surface area (Å²) in [4.78, 5) is 1.78. The van der Waals surface area contributed by atoms with E-state index < -0.39 is 11.7 Å². The third kappa shape index (κ3) is 3.23. The zero-order valence-corrected chi connectivity index (χ0v) is 12.1. The van der Waals surface area contributed by atoms with Gasteiger partial charge in [0.15, 0.2) is 0 Å². The standard InChI is InChI=1S/C13H16BrF3N2/c1-8-7-19(5-4-11(8)18)12-3-2-9(14)6-10(12)13(15,16)17/h2-3,6,8,11H,4-5,7,18H2,1H3. The van der Waals surface area contributed by atoms with E-state index in [0.717, 1.165) is 6.07 Å².